The van der Waals surface area contributed by atoms with E-state index in [9.17, 15) is 23.1 Å². The minimum atomic E-state index is -1.41. The van der Waals surface area contributed by atoms with Crippen LogP contribution in [0.3, 0.4) is 0 Å². The molecule has 0 aromatic carbocycles. The lowest BCUT2D eigenvalue weighted by atomic mass is 10.0. The van der Waals surface area contributed by atoms with Crippen molar-refractivity contribution in [2.75, 3.05) is 11.9 Å². The van der Waals surface area contributed by atoms with Crippen LogP contribution in [0.2, 0.25) is 0 Å². The molecule has 2 fully saturated rings. The molecule has 2 aromatic heterocycles. The second kappa shape index (κ2) is 9.87. The average molecular weight is 487 g/mol. The molecule has 1 amide bonds. The normalized spacial score (nSPS) is 27.3. The van der Waals surface area contributed by atoms with Gasteiger partial charge in [-0.1, -0.05) is 6.58 Å². The molecule has 2 aliphatic rings. The van der Waals surface area contributed by atoms with E-state index in [1.165, 1.54) is 6.33 Å². The lowest BCUT2D eigenvalue weighted by Gasteiger charge is -2.25. The van der Waals surface area contributed by atoms with E-state index < -0.39 is 41.9 Å². The zero-order chi connectivity index (χ0) is 25.3. The molecule has 3 N–H and O–H groups in total. The van der Waals surface area contributed by atoms with Gasteiger partial charge in [0.1, 0.15) is 24.1 Å². The SMILES string of the molecule is C=C(/C(F)=C\C=C(/C)F)[C@H]1C[C@H](F)CN1C(=O)c1n[nH]c2ncnc(N[C@@H]3C[C@@H](C#N)C[C@H]3O)c12. The van der Waals surface area contributed by atoms with Gasteiger partial charge < -0.3 is 15.3 Å². The zero-order valence-corrected chi connectivity index (χ0v) is 18.9. The minimum absolute atomic E-state index is 0.108. The van der Waals surface area contributed by atoms with Crippen LogP contribution in [0.5, 0.6) is 0 Å². The molecule has 1 saturated heterocycles. The van der Waals surface area contributed by atoms with Gasteiger partial charge in [0.2, 0.25) is 0 Å². The molecular formula is C23H24F3N7O2. The predicted octanol–water partition coefficient (Wildman–Crippen LogP) is 3.26. The van der Waals surface area contributed by atoms with Crippen molar-refractivity contribution in [3.63, 3.8) is 0 Å². The van der Waals surface area contributed by atoms with Crippen LogP contribution < -0.4 is 5.32 Å². The molecule has 2 aromatic rings. The van der Waals surface area contributed by atoms with Crippen LogP contribution in [-0.4, -0.2) is 67.0 Å². The van der Waals surface area contributed by atoms with Crippen LogP contribution >= 0.6 is 0 Å². The number of aromatic nitrogens is 4. The molecule has 1 saturated carbocycles. The number of carbonyl (C=O) groups is 1. The first-order chi connectivity index (χ1) is 16.7. The van der Waals surface area contributed by atoms with Crippen LogP contribution in [0, 0.1) is 17.2 Å². The lowest BCUT2D eigenvalue weighted by Crippen LogP contribution is -2.37. The Morgan fingerprint density at radius 1 is 1.34 bits per heavy atom. The number of fused-ring (bicyclic) bond motifs is 1. The molecule has 4 rings (SSSR count). The van der Waals surface area contributed by atoms with Gasteiger partial charge in [-0.05, 0) is 31.9 Å². The highest BCUT2D eigenvalue weighted by Crippen LogP contribution is 2.34. The van der Waals surface area contributed by atoms with Gasteiger partial charge >= 0.3 is 0 Å². The summed E-state index contributed by atoms with van der Waals surface area (Å²) in [6.07, 6.45) is 1.38. The molecule has 9 nitrogen and oxygen atoms in total. The van der Waals surface area contributed by atoms with Gasteiger partial charge in [-0.2, -0.15) is 10.4 Å². The molecule has 3 heterocycles. The molecule has 1 aliphatic heterocycles. The molecule has 35 heavy (non-hydrogen) atoms. The number of halogens is 3. The molecule has 0 unspecified atom stereocenters. The Morgan fingerprint density at radius 3 is 2.80 bits per heavy atom. The second-order valence-electron chi connectivity index (χ2n) is 8.73. The van der Waals surface area contributed by atoms with Crippen molar-refractivity contribution >= 4 is 22.8 Å². The lowest BCUT2D eigenvalue weighted by molar-refractivity contribution is 0.0743. The van der Waals surface area contributed by atoms with Gasteiger partial charge in [0.15, 0.2) is 11.3 Å². The summed E-state index contributed by atoms with van der Waals surface area (Å²) in [5.41, 5.74) is -0.0264. The fraction of sp³-hybridized carbons (Fsp3) is 0.435. The number of aliphatic hydroxyl groups is 1. The molecule has 0 radical (unpaired) electrons. The first-order valence-corrected chi connectivity index (χ1v) is 11.1. The van der Waals surface area contributed by atoms with Crippen molar-refractivity contribution in [3.05, 3.63) is 48.0 Å². The number of aromatic amines is 1. The molecule has 184 valence electrons. The zero-order valence-electron chi connectivity index (χ0n) is 18.9. The maximum Gasteiger partial charge on any atom is 0.275 e. The summed E-state index contributed by atoms with van der Waals surface area (Å²) in [7, 11) is 0. The first kappa shape index (κ1) is 24.4. The third-order valence-electron chi connectivity index (χ3n) is 6.27. The molecule has 1 aliphatic carbocycles. The monoisotopic (exact) mass is 487 g/mol. The van der Waals surface area contributed by atoms with E-state index >= 15 is 0 Å². The third kappa shape index (κ3) is 4.90. The number of hydrogen-bond acceptors (Lipinski definition) is 7. The summed E-state index contributed by atoms with van der Waals surface area (Å²) in [5.74, 6) is -2.27. The number of allylic oxidation sites excluding steroid dienone is 3. The number of likely N-dealkylation sites (tertiary alicyclic amines) is 1. The number of aliphatic hydroxyl groups excluding tert-OH is 1. The number of nitriles is 1. The van der Waals surface area contributed by atoms with E-state index in [0.29, 0.717) is 12.8 Å². The maximum absolute atomic E-state index is 14.5. The number of hydrogen-bond donors (Lipinski definition) is 3. The summed E-state index contributed by atoms with van der Waals surface area (Å²) in [6.45, 7) is 4.51. The Balaban J connectivity index is 1.64. The highest BCUT2D eigenvalue weighted by Gasteiger charge is 2.40. The molecule has 0 bridgehead atoms. The summed E-state index contributed by atoms with van der Waals surface area (Å²) >= 11 is 0. The maximum atomic E-state index is 14.5. The first-order valence-electron chi connectivity index (χ1n) is 11.1. The summed E-state index contributed by atoms with van der Waals surface area (Å²) < 4.78 is 41.9. The highest BCUT2D eigenvalue weighted by molar-refractivity contribution is 6.08. The fourth-order valence-electron chi connectivity index (χ4n) is 4.51. The number of alkyl halides is 1. The summed E-state index contributed by atoms with van der Waals surface area (Å²) in [6, 6.07) is 0.664. The molecule has 12 heteroatoms. The molecular weight excluding hydrogens is 463 g/mol. The fourth-order valence-corrected chi connectivity index (χ4v) is 4.51. The van der Waals surface area contributed by atoms with Gasteiger partial charge in [-0.3, -0.25) is 9.89 Å². The van der Waals surface area contributed by atoms with E-state index in [1.807, 2.05) is 0 Å². The van der Waals surface area contributed by atoms with Gasteiger partial charge in [-0.15, -0.1) is 0 Å². The van der Waals surface area contributed by atoms with Crippen molar-refractivity contribution in [3.8, 4) is 6.07 Å². The van der Waals surface area contributed by atoms with Gasteiger partial charge in [-0.25, -0.2) is 23.1 Å². The van der Waals surface area contributed by atoms with Crippen molar-refractivity contribution in [1.29, 1.82) is 5.26 Å². The Bertz CT molecular complexity index is 1250. The number of rotatable bonds is 6. The minimum Gasteiger partial charge on any atom is -0.391 e. The summed E-state index contributed by atoms with van der Waals surface area (Å²) in [4.78, 5) is 22.9. The number of nitrogens with zero attached hydrogens (tertiary/aromatic N) is 5. The van der Waals surface area contributed by atoms with Crippen LogP contribution in [-0.2, 0) is 0 Å². The van der Waals surface area contributed by atoms with Crippen LogP contribution in [0.15, 0.2) is 42.3 Å². The molecule has 5 atom stereocenters. The van der Waals surface area contributed by atoms with Crippen LogP contribution in [0.25, 0.3) is 11.0 Å². The van der Waals surface area contributed by atoms with Crippen molar-refractivity contribution < 1.29 is 23.1 Å². The van der Waals surface area contributed by atoms with Crippen molar-refractivity contribution in [2.24, 2.45) is 5.92 Å². The van der Waals surface area contributed by atoms with E-state index in [-0.39, 0.29) is 47.0 Å². The number of nitrogens with one attached hydrogen (secondary N) is 2. The Labute approximate surface area is 199 Å². The Hall–Kier alpha value is -3.72. The van der Waals surface area contributed by atoms with Crippen molar-refractivity contribution in [2.45, 2.75) is 50.5 Å². The van der Waals surface area contributed by atoms with E-state index in [2.05, 4.69) is 38.1 Å². The quantitative estimate of drug-likeness (QED) is 0.533. The number of H-pyrrole nitrogens is 1. The largest absolute Gasteiger partial charge is 0.391 e. The van der Waals surface area contributed by atoms with E-state index in [4.69, 9.17) is 5.26 Å². The highest BCUT2D eigenvalue weighted by atomic mass is 19.1. The predicted molar refractivity (Wildman–Crippen MR) is 121 cm³/mol. The standard InChI is InChI=1S/C23H24F3N7O2/c1-11(24)3-4-15(26)12(2)17-7-14(25)9-33(17)23(35)20-19-21(28-10-29-22(19)32-31-20)30-16-5-13(8-27)6-18(16)34/h3-4,10,13-14,16-18,34H,2,5-7,9H2,1H3,(H2,28,29,30,31,32)/b11-3+,15-4+/t13-,14+,16-,17-,18-/m1/s1. The number of anilines is 1. The van der Waals surface area contributed by atoms with Crippen molar-refractivity contribution in [1.82, 2.24) is 25.1 Å². The summed E-state index contributed by atoms with van der Waals surface area (Å²) in [5, 5.41) is 29.5. The number of carbonyl (C=O) groups excluding carboxylic acids is 1. The topological polar surface area (TPSA) is 131 Å². The van der Waals surface area contributed by atoms with Gasteiger partial charge in [0, 0.05) is 12.0 Å². The Morgan fingerprint density at radius 2 is 2.11 bits per heavy atom. The van der Waals surface area contributed by atoms with E-state index in [1.54, 1.807) is 0 Å². The van der Waals surface area contributed by atoms with Gasteiger partial charge in [0.25, 0.3) is 5.91 Å². The van der Waals surface area contributed by atoms with E-state index in [0.717, 1.165) is 24.0 Å². The third-order valence-corrected chi connectivity index (χ3v) is 6.27. The van der Waals surface area contributed by atoms with Crippen LogP contribution in [0.1, 0.15) is 36.7 Å². The number of amides is 1. The smallest absolute Gasteiger partial charge is 0.275 e. The van der Waals surface area contributed by atoms with Gasteiger partial charge in [0.05, 0.1) is 47.9 Å². The average Bonchev–Trinajstić information content (AvgIpc) is 3.53. The van der Waals surface area contributed by atoms with Crippen LogP contribution in [0.4, 0.5) is 19.0 Å². The second-order valence-corrected chi connectivity index (χ2v) is 8.73. The molecule has 0 spiro atoms. The Kier molecular flexibility index (Phi) is 6.88.